The van der Waals surface area contributed by atoms with Crippen LogP contribution in [0.3, 0.4) is 0 Å². The maximum absolute atomic E-state index is 2.37. The Hall–Kier alpha value is -3.06. The van der Waals surface area contributed by atoms with Crippen LogP contribution in [-0.2, 0) is 0 Å². The smallest absolute Gasteiger partial charge is 0.0569 e. The van der Waals surface area contributed by atoms with Crippen molar-refractivity contribution in [3.05, 3.63) is 102 Å². The molecule has 0 fully saturated rings. The lowest BCUT2D eigenvalue weighted by Crippen LogP contribution is -2.12. The summed E-state index contributed by atoms with van der Waals surface area (Å²) in [6, 6.07) is 30.6. The van der Waals surface area contributed by atoms with E-state index in [1.807, 2.05) is 0 Å². The largest absolute Gasteiger partial charge is 0.310 e. The van der Waals surface area contributed by atoms with Gasteiger partial charge >= 0.3 is 0 Å². The number of aryl methyl sites for hydroxylation is 3. The number of nitrogens with zero attached hydrogens (tertiary/aromatic N) is 1. The summed E-state index contributed by atoms with van der Waals surface area (Å²) in [5, 5.41) is 2.53. The maximum atomic E-state index is 2.37. The van der Waals surface area contributed by atoms with E-state index < -0.39 is 0 Å². The van der Waals surface area contributed by atoms with Crippen molar-refractivity contribution in [2.45, 2.75) is 20.8 Å². The molecule has 4 aromatic carbocycles. The van der Waals surface area contributed by atoms with E-state index in [4.69, 9.17) is 0 Å². The molecule has 1 nitrogen and oxygen atoms in total. The number of hydrogen-bond donors (Lipinski definition) is 0. The topological polar surface area (TPSA) is 3.24 Å². The highest BCUT2D eigenvalue weighted by atomic mass is 15.1. The Morgan fingerprint density at radius 2 is 1.08 bits per heavy atom. The molecule has 0 aliphatic heterocycles. The number of anilines is 3. The van der Waals surface area contributed by atoms with Crippen molar-refractivity contribution in [1.82, 2.24) is 0 Å². The molecule has 26 heavy (non-hydrogen) atoms. The normalized spacial score (nSPS) is 10.9. The Labute approximate surface area is 155 Å². The molecule has 0 aliphatic carbocycles. The molecule has 0 amide bonds. The minimum atomic E-state index is 1.18. The number of fused-ring (bicyclic) bond motifs is 1. The van der Waals surface area contributed by atoms with Crippen molar-refractivity contribution >= 4 is 27.8 Å². The Kier molecular flexibility index (Phi) is 4.22. The molecule has 0 atom stereocenters. The minimum absolute atomic E-state index is 1.18. The summed E-state index contributed by atoms with van der Waals surface area (Å²) in [6.07, 6.45) is 0. The van der Waals surface area contributed by atoms with E-state index in [-0.39, 0.29) is 0 Å². The average Bonchev–Trinajstić information content (AvgIpc) is 2.66. The van der Waals surface area contributed by atoms with Gasteiger partial charge in [0.1, 0.15) is 0 Å². The summed E-state index contributed by atoms with van der Waals surface area (Å²) in [4.78, 5) is 2.37. The van der Waals surface area contributed by atoms with E-state index in [0.717, 1.165) is 0 Å². The van der Waals surface area contributed by atoms with E-state index in [2.05, 4.69) is 111 Å². The lowest BCUT2D eigenvalue weighted by atomic mass is 10.0. The Bertz CT molecular complexity index is 998. The van der Waals surface area contributed by atoms with Crippen molar-refractivity contribution in [3.63, 3.8) is 0 Å². The number of hydrogen-bond acceptors (Lipinski definition) is 1. The predicted octanol–water partition coefficient (Wildman–Crippen LogP) is 7.23. The first-order valence-corrected chi connectivity index (χ1v) is 9.05. The highest BCUT2D eigenvalue weighted by Gasteiger charge is 2.17. The van der Waals surface area contributed by atoms with Crippen LogP contribution in [-0.4, -0.2) is 0 Å². The first-order valence-electron chi connectivity index (χ1n) is 9.05. The highest BCUT2D eigenvalue weighted by Crippen LogP contribution is 2.40. The Morgan fingerprint density at radius 1 is 0.538 bits per heavy atom. The van der Waals surface area contributed by atoms with E-state index >= 15 is 0 Å². The number of rotatable bonds is 3. The van der Waals surface area contributed by atoms with Gasteiger partial charge in [0.25, 0.3) is 0 Å². The van der Waals surface area contributed by atoms with Gasteiger partial charge in [-0.05, 0) is 56.0 Å². The van der Waals surface area contributed by atoms with Crippen molar-refractivity contribution in [1.29, 1.82) is 0 Å². The van der Waals surface area contributed by atoms with Gasteiger partial charge < -0.3 is 4.90 Å². The zero-order chi connectivity index (χ0) is 18.1. The predicted molar refractivity (Wildman–Crippen MR) is 113 cm³/mol. The second kappa shape index (κ2) is 6.68. The third-order valence-corrected chi connectivity index (χ3v) is 4.91. The summed E-state index contributed by atoms with van der Waals surface area (Å²) < 4.78 is 0. The molecule has 0 bridgehead atoms. The van der Waals surface area contributed by atoms with Gasteiger partial charge in [-0.15, -0.1) is 0 Å². The molecule has 0 radical (unpaired) electrons. The first-order chi connectivity index (χ1) is 12.6. The molecular weight excluding hydrogens is 314 g/mol. The molecule has 0 aliphatic rings. The molecule has 0 spiro atoms. The molecule has 0 heterocycles. The summed E-state index contributed by atoms with van der Waals surface area (Å²) >= 11 is 0. The average molecular weight is 337 g/mol. The van der Waals surface area contributed by atoms with Gasteiger partial charge in [-0.2, -0.15) is 0 Å². The Morgan fingerprint density at radius 3 is 1.65 bits per heavy atom. The van der Waals surface area contributed by atoms with E-state index in [0.29, 0.717) is 0 Å². The third-order valence-electron chi connectivity index (χ3n) is 4.91. The molecular formula is C25H23N. The van der Waals surface area contributed by atoms with Crippen molar-refractivity contribution < 1.29 is 0 Å². The van der Waals surface area contributed by atoms with Gasteiger partial charge in [-0.25, -0.2) is 0 Å². The molecule has 4 rings (SSSR count). The fraction of sp³-hybridized carbons (Fsp3) is 0.120. The van der Waals surface area contributed by atoms with Crippen LogP contribution in [0.5, 0.6) is 0 Å². The van der Waals surface area contributed by atoms with Crippen molar-refractivity contribution in [3.8, 4) is 0 Å². The molecule has 0 aromatic heterocycles. The van der Waals surface area contributed by atoms with Crippen LogP contribution in [0.2, 0.25) is 0 Å². The fourth-order valence-corrected chi connectivity index (χ4v) is 3.46. The zero-order valence-corrected chi connectivity index (χ0v) is 15.5. The summed E-state index contributed by atoms with van der Waals surface area (Å²) in [5.74, 6) is 0. The van der Waals surface area contributed by atoms with E-state index in [1.54, 1.807) is 0 Å². The van der Waals surface area contributed by atoms with Crippen LogP contribution >= 0.6 is 0 Å². The van der Waals surface area contributed by atoms with E-state index in [1.165, 1.54) is 44.5 Å². The number of benzene rings is 4. The van der Waals surface area contributed by atoms with Gasteiger partial charge in [-0.3, -0.25) is 0 Å². The molecule has 0 saturated carbocycles. The van der Waals surface area contributed by atoms with Gasteiger partial charge in [0, 0.05) is 16.8 Å². The van der Waals surface area contributed by atoms with Gasteiger partial charge in [-0.1, -0.05) is 71.8 Å². The van der Waals surface area contributed by atoms with Crippen LogP contribution in [0.25, 0.3) is 10.8 Å². The Balaban J connectivity index is 2.01. The van der Waals surface area contributed by atoms with Crippen molar-refractivity contribution in [2.24, 2.45) is 0 Å². The minimum Gasteiger partial charge on any atom is -0.310 e. The van der Waals surface area contributed by atoms with Gasteiger partial charge in [0.05, 0.1) is 5.69 Å². The van der Waals surface area contributed by atoms with Crippen LogP contribution in [0.4, 0.5) is 17.1 Å². The van der Waals surface area contributed by atoms with Crippen LogP contribution < -0.4 is 4.90 Å². The van der Waals surface area contributed by atoms with Crippen molar-refractivity contribution in [2.75, 3.05) is 4.90 Å². The van der Waals surface area contributed by atoms with Gasteiger partial charge in [0.15, 0.2) is 0 Å². The quantitative estimate of drug-likeness (QED) is 0.381. The van der Waals surface area contributed by atoms with Crippen LogP contribution in [0.1, 0.15) is 16.7 Å². The third kappa shape index (κ3) is 2.97. The fourth-order valence-electron chi connectivity index (χ4n) is 3.46. The molecule has 1 heteroatoms. The molecule has 128 valence electrons. The SMILES string of the molecule is Cc1ccc(N(c2ccc(C)cc2)c2c(C)ccc3ccccc23)cc1. The second-order valence-corrected chi connectivity index (χ2v) is 6.96. The van der Waals surface area contributed by atoms with Crippen LogP contribution in [0, 0.1) is 20.8 Å². The van der Waals surface area contributed by atoms with E-state index in [9.17, 15) is 0 Å². The summed E-state index contributed by atoms with van der Waals surface area (Å²) in [7, 11) is 0. The highest BCUT2D eigenvalue weighted by molar-refractivity contribution is 6.00. The summed E-state index contributed by atoms with van der Waals surface area (Å²) in [5.41, 5.74) is 7.41. The molecule has 4 aromatic rings. The molecule has 0 saturated heterocycles. The molecule has 0 unspecified atom stereocenters. The lowest BCUT2D eigenvalue weighted by molar-refractivity contribution is 1.25. The standard InChI is InChI=1S/C25H23N/c1-18-8-14-22(15-9-18)26(23-16-10-19(2)11-17-23)25-20(3)12-13-21-6-4-5-7-24(21)25/h4-17H,1-3H3. The summed E-state index contributed by atoms with van der Waals surface area (Å²) in [6.45, 7) is 6.45. The van der Waals surface area contributed by atoms with Crippen LogP contribution in [0.15, 0.2) is 84.9 Å². The maximum Gasteiger partial charge on any atom is 0.0569 e. The lowest BCUT2D eigenvalue weighted by Gasteiger charge is -2.28. The second-order valence-electron chi connectivity index (χ2n) is 6.96. The molecule has 0 N–H and O–H groups in total. The van der Waals surface area contributed by atoms with Gasteiger partial charge in [0.2, 0.25) is 0 Å². The monoisotopic (exact) mass is 337 g/mol. The zero-order valence-electron chi connectivity index (χ0n) is 15.5. The first kappa shape index (κ1) is 16.4.